The van der Waals surface area contributed by atoms with E-state index in [4.69, 9.17) is 4.74 Å². The van der Waals surface area contributed by atoms with Crippen LogP contribution in [0, 0.1) is 0 Å². The number of rotatable bonds is 7. The lowest BCUT2D eigenvalue weighted by Gasteiger charge is -2.26. The zero-order chi connectivity index (χ0) is 18.4. The third-order valence-corrected chi connectivity index (χ3v) is 4.54. The Morgan fingerprint density at radius 3 is 2.44 bits per heavy atom. The number of aromatic nitrogens is 1. The van der Waals surface area contributed by atoms with E-state index in [-0.39, 0.29) is 17.6 Å². The second kappa shape index (κ2) is 8.62. The van der Waals surface area contributed by atoms with Gasteiger partial charge in [0.1, 0.15) is 10.8 Å². The molecule has 0 spiro atoms. The number of carbonyl (C=O) groups excluding carboxylic acids is 2. The van der Waals surface area contributed by atoms with Gasteiger partial charge in [-0.15, -0.1) is 11.3 Å². The topological polar surface area (TPSA) is 68.7 Å². The fourth-order valence-corrected chi connectivity index (χ4v) is 3.07. The molecule has 0 aliphatic rings. The Morgan fingerprint density at radius 2 is 1.88 bits per heavy atom. The molecule has 7 heteroatoms. The van der Waals surface area contributed by atoms with Crippen LogP contribution in [-0.4, -0.2) is 42.0 Å². The SMILES string of the molecule is COC(=O)c1csc(CN(C(=O)Cc2ccc(OC)cc2)C(C)C)n1. The molecule has 1 aromatic heterocycles. The van der Waals surface area contributed by atoms with E-state index in [1.165, 1.54) is 18.4 Å². The molecule has 0 N–H and O–H groups in total. The average Bonchev–Trinajstić information content (AvgIpc) is 3.08. The van der Waals surface area contributed by atoms with Crippen LogP contribution in [0.1, 0.15) is 34.9 Å². The summed E-state index contributed by atoms with van der Waals surface area (Å²) in [7, 11) is 2.93. The van der Waals surface area contributed by atoms with Gasteiger partial charge in [-0.25, -0.2) is 9.78 Å². The molecule has 0 atom stereocenters. The van der Waals surface area contributed by atoms with Crippen molar-refractivity contribution in [1.29, 1.82) is 0 Å². The number of hydrogen-bond acceptors (Lipinski definition) is 6. The van der Waals surface area contributed by atoms with Gasteiger partial charge in [0.15, 0.2) is 5.69 Å². The summed E-state index contributed by atoms with van der Waals surface area (Å²) in [5, 5.41) is 2.35. The number of ether oxygens (including phenoxy) is 2. The molecule has 1 heterocycles. The predicted octanol–water partition coefficient (Wildman–Crippen LogP) is 2.92. The van der Waals surface area contributed by atoms with Crippen molar-refractivity contribution >= 4 is 23.2 Å². The van der Waals surface area contributed by atoms with Crippen LogP contribution in [0.3, 0.4) is 0 Å². The lowest BCUT2D eigenvalue weighted by Crippen LogP contribution is -2.37. The van der Waals surface area contributed by atoms with Gasteiger partial charge < -0.3 is 14.4 Å². The van der Waals surface area contributed by atoms with Crippen molar-refractivity contribution in [2.75, 3.05) is 14.2 Å². The van der Waals surface area contributed by atoms with E-state index in [2.05, 4.69) is 9.72 Å². The highest BCUT2D eigenvalue weighted by Crippen LogP contribution is 2.17. The van der Waals surface area contributed by atoms with Crippen LogP contribution in [0.15, 0.2) is 29.6 Å². The molecule has 1 aromatic carbocycles. The summed E-state index contributed by atoms with van der Waals surface area (Å²) in [5.74, 6) is 0.299. The zero-order valence-corrected chi connectivity index (χ0v) is 15.6. The quantitative estimate of drug-likeness (QED) is 0.709. The third-order valence-electron chi connectivity index (χ3n) is 3.71. The van der Waals surface area contributed by atoms with Gasteiger partial charge in [-0.1, -0.05) is 12.1 Å². The molecule has 1 amide bonds. The van der Waals surface area contributed by atoms with Gasteiger partial charge in [-0.3, -0.25) is 4.79 Å². The summed E-state index contributed by atoms with van der Waals surface area (Å²) in [4.78, 5) is 30.2. The summed E-state index contributed by atoms with van der Waals surface area (Å²) in [5.41, 5.74) is 1.19. The minimum Gasteiger partial charge on any atom is -0.497 e. The highest BCUT2D eigenvalue weighted by molar-refractivity contribution is 7.09. The number of benzene rings is 1. The molecule has 0 saturated carbocycles. The first-order chi connectivity index (χ1) is 11.9. The first kappa shape index (κ1) is 18.9. The van der Waals surface area contributed by atoms with E-state index in [0.29, 0.717) is 18.0 Å². The van der Waals surface area contributed by atoms with Crippen LogP contribution >= 0.6 is 11.3 Å². The molecular formula is C18H22N2O4S. The fraction of sp³-hybridized carbons (Fsp3) is 0.389. The van der Waals surface area contributed by atoms with Crippen LogP contribution in [0.4, 0.5) is 0 Å². The third kappa shape index (κ3) is 5.03. The van der Waals surface area contributed by atoms with Crippen molar-refractivity contribution in [3.05, 3.63) is 45.9 Å². The van der Waals surface area contributed by atoms with Crippen molar-refractivity contribution in [3.8, 4) is 5.75 Å². The Balaban J connectivity index is 2.07. The van der Waals surface area contributed by atoms with Gasteiger partial charge in [0.2, 0.25) is 5.91 Å². The second-order valence-electron chi connectivity index (χ2n) is 5.76. The van der Waals surface area contributed by atoms with Gasteiger partial charge in [0, 0.05) is 11.4 Å². The van der Waals surface area contributed by atoms with E-state index in [0.717, 1.165) is 11.3 Å². The zero-order valence-electron chi connectivity index (χ0n) is 14.8. The van der Waals surface area contributed by atoms with Gasteiger partial charge >= 0.3 is 5.97 Å². The Labute approximate surface area is 151 Å². The minimum absolute atomic E-state index is 0.00925. The average molecular weight is 362 g/mol. The van der Waals surface area contributed by atoms with E-state index < -0.39 is 5.97 Å². The molecule has 0 radical (unpaired) electrons. The molecule has 0 unspecified atom stereocenters. The van der Waals surface area contributed by atoms with Crippen molar-refractivity contribution in [2.45, 2.75) is 32.9 Å². The second-order valence-corrected chi connectivity index (χ2v) is 6.70. The number of thiazole rings is 1. The highest BCUT2D eigenvalue weighted by atomic mass is 32.1. The van der Waals surface area contributed by atoms with Gasteiger partial charge in [-0.2, -0.15) is 0 Å². The number of nitrogens with zero attached hydrogens (tertiary/aromatic N) is 2. The molecule has 0 aliphatic carbocycles. The Bertz CT molecular complexity index is 725. The normalized spacial score (nSPS) is 10.6. The molecule has 0 fully saturated rings. The fourth-order valence-electron chi connectivity index (χ4n) is 2.31. The van der Waals surface area contributed by atoms with Crippen LogP contribution in [-0.2, 0) is 22.5 Å². The van der Waals surface area contributed by atoms with Crippen LogP contribution in [0.25, 0.3) is 0 Å². The molecule has 2 aromatic rings. The van der Waals surface area contributed by atoms with E-state index in [1.54, 1.807) is 17.4 Å². The minimum atomic E-state index is -0.469. The van der Waals surface area contributed by atoms with Crippen molar-refractivity contribution < 1.29 is 19.1 Å². The van der Waals surface area contributed by atoms with Crippen LogP contribution < -0.4 is 4.74 Å². The van der Waals surface area contributed by atoms with Crippen molar-refractivity contribution in [3.63, 3.8) is 0 Å². The van der Waals surface area contributed by atoms with Gasteiger partial charge in [0.25, 0.3) is 0 Å². The number of carbonyl (C=O) groups is 2. The number of amides is 1. The Morgan fingerprint density at radius 1 is 1.20 bits per heavy atom. The highest BCUT2D eigenvalue weighted by Gasteiger charge is 2.20. The van der Waals surface area contributed by atoms with E-state index >= 15 is 0 Å². The molecular weight excluding hydrogens is 340 g/mol. The Hall–Kier alpha value is -2.41. The molecule has 25 heavy (non-hydrogen) atoms. The first-order valence-corrected chi connectivity index (χ1v) is 8.77. The largest absolute Gasteiger partial charge is 0.497 e. The maximum atomic E-state index is 12.7. The summed E-state index contributed by atoms with van der Waals surface area (Å²) in [6.45, 7) is 4.29. The molecule has 2 rings (SSSR count). The lowest BCUT2D eigenvalue weighted by atomic mass is 10.1. The summed E-state index contributed by atoms with van der Waals surface area (Å²) in [6.07, 6.45) is 0.303. The van der Waals surface area contributed by atoms with Crippen LogP contribution in [0.5, 0.6) is 5.75 Å². The smallest absolute Gasteiger partial charge is 0.357 e. The number of esters is 1. The number of hydrogen-bond donors (Lipinski definition) is 0. The van der Waals surface area contributed by atoms with Gasteiger partial charge in [0.05, 0.1) is 27.2 Å². The van der Waals surface area contributed by atoms with E-state index in [1.807, 2.05) is 38.1 Å². The maximum Gasteiger partial charge on any atom is 0.357 e. The lowest BCUT2D eigenvalue weighted by molar-refractivity contribution is -0.132. The standard InChI is InChI=1S/C18H22N2O4S/c1-12(2)20(10-16-19-15(11-25-16)18(22)24-4)17(21)9-13-5-7-14(23-3)8-6-13/h5-8,11-12H,9-10H2,1-4H3. The van der Waals surface area contributed by atoms with E-state index in [9.17, 15) is 9.59 Å². The summed E-state index contributed by atoms with van der Waals surface area (Å²) in [6, 6.07) is 7.47. The predicted molar refractivity (Wildman–Crippen MR) is 95.8 cm³/mol. The number of methoxy groups -OCH3 is 2. The summed E-state index contributed by atoms with van der Waals surface area (Å²) < 4.78 is 9.79. The monoisotopic (exact) mass is 362 g/mol. The molecule has 0 aliphatic heterocycles. The molecule has 6 nitrogen and oxygen atoms in total. The van der Waals surface area contributed by atoms with Crippen LogP contribution in [0.2, 0.25) is 0 Å². The van der Waals surface area contributed by atoms with Crippen molar-refractivity contribution in [1.82, 2.24) is 9.88 Å². The maximum absolute atomic E-state index is 12.7. The Kier molecular flexibility index (Phi) is 6.52. The first-order valence-electron chi connectivity index (χ1n) is 7.89. The van der Waals surface area contributed by atoms with Gasteiger partial charge in [-0.05, 0) is 31.5 Å². The van der Waals surface area contributed by atoms with Crippen molar-refractivity contribution in [2.24, 2.45) is 0 Å². The summed E-state index contributed by atoms with van der Waals surface area (Å²) >= 11 is 1.35. The molecule has 0 bridgehead atoms. The molecule has 134 valence electrons. The molecule has 0 saturated heterocycles.